The highest BCUT2D eigenvalue weighted by Gasteiger charge is 2.12. The fourth-order valence-corrected chi connectivity index (χ4v) is 2.68. The molecule has 0 amide bonds. The van der Waals surface area contributed by atoms with Crippen LogP contribution in [0.3, 0.4) is 0 Å². The smallest absolute Gasteiger partial charge is 0.271 e. The number of hydrogen-bond donors (Lipinski definition) is 2. The Kier molecular flexibility index (Phi) is 4.79. The Morgan fingerprint density at radius 2 is 2.16 bits per heavy atom. The molecule has 0 saturated carbocycles. The highest BCUT2D eigenvalue weighted by Crippen LogP contribution is 2.19. The molecule has 1 aromatic rings. The van der Waals surface area contributed by atoms with Crippen LogP contribution < -0.4 is 10.5 Å². The second-order valence-corrected chi connectivity index (χ2v) is 6.29. The third-order valence-corrected chi connectivity index (χ3v) is 4.00. The van der Waals surface area contributed by atoms with Gasteiger partial charge < -0.3 is 9.73 Å². The van der Waals surface area contributed by atoms with E-state index in [0.717, 1.165) is 13.0 Å². The maximum Gasteiger partial charge on any atom is 0.271 e. The van der Waals surface area contributed by atoms with Gasteiger partial charge in [0.05, 0.1) is 6.54 Å². The van der Waals surface area contributed by atoms with Gasteiger partial charge >= 0.3 is 0 Å². The van der Waals surface area contributed by atoms with Crippen molar-refractivity contribution in [1.29, 1.82) is 0 Å². The quantitative estimate of drug-likeness (QED) is 0.617. The van der Waals surface area contributed by atoms with Gasteiger partial charge in [-0.15, -0.1) is 0 Å². The maximum atomic E-state index is 11.0. The minimum absolute atomic E-state index is 0.181. The van der Waals surface area contributed by atoms with Crippen LogP contribution in [0, 0.1) is 0 Å². The number of furan rings is 1. The van der Waals surface area contributed by atoms with Crippen LogP contribution in [0.5, 0.6) is 0 Å². The van der Waals surface area contributed by atoms with Crippen LogP contribution in [0.15, 0.2) is 33.3 Å². The molecule has 0 aliphatic heterocycles. The predicted octanol–water partition coefficient (Wildman–Crippen LogP) is 1.91. The minimum atomic E-state index is -3.73. The summed E-state index contributed by atoms with van der Waals surface area (Å²) in [5.74, 6) is 0.585. The molecule has 1 aliphatic rings. The molecule has 0 bridgehead atoms. The topological polar surface area (TPSA) is 85.3 Å². The molecule has 0 radical (unpaired) electrons. The Bertz CT molecular complexity index is 546. The first-order valence-corrected chi connectivity index (χ1v) is 8.10. The van der Waals surface area contributed by atoms with Crippen molar-refractivity contribution in [3.05, 3.63) is 29.5 Å². The molecule has 5 nitrogen and oxygen atoms in total. The van der Waals surface area contributed by atoms with E-state index in [1.54, 1.807) is 6.07 Å². The van der Waals surface area contributed by atoms with Crippen LogP contribution in [0.2, 0.25) is 0 Å². The lowest BCUT2D eigenvalue weighted by atomic mass is 9.97. The van der Waals surface area contributed by atoms with Crippen LogP contribution in [0.1, 0.15) is 37.9 Å². The Morgan fingerprint density at radius 3 is 2.79 bits per heavy atom. The monoisotopic (exact) mass is 284 g/mol. The first-order valence-electron chi connectivity index (χ1n) is 6.56. The summed E-state index contributed by atoms with van der Waals surface area (Å²) in [4.78, 5) is 0. The third kappa shape index (κ3) is 4.49. The lowest BCUT2D eigenvalue weighted by Crippen LogP contribution is -2.15. The molecule has 0 saturated heterocycles. The second kappa shape index (κ2) is 6.36. The maximum absolute atomic E-state index is 11.0. The van der Waals surface area contributed by atoms with Gasteiger partial charge in [0.2, 0.25) is 5.09 Å². The summed E-state index contributed by atoms with van der Waals surface area (Å²) in [5.41, 5.74) is 1.52. The van der Waals surface area contributed by atoms with Crippen LogP contribution in [-0.4, -0.2) is 15.0 Å². The van der Waals surface area contributed by atoms with Crippen LogP contribution in [-0.2, 0) is 16.6 Å². The standard InChI is InChI=1S/C13H20N2O3S/c14-19(16,17)13-7-6-12(18-13)10-15-9-8-11-4-2-1-3-5-11/h4,6-7,15H,1-3,5,8-10H2,(H2,14,16,17). The number of allylic oxidation sites excluding steroid dienone is 1. The normalized spacial score (nSPS) is 16.4. The summed E-state index contributed by atoms with van der Waals surface area (Å²) in [7, 11) is -3.73. The Labute approximate surface area is 113 Å². The summed E-state index contributed by atoms with van der Waals surface area (Å²) in [6.07, 6.45) is 8.38. The van der Waals surface area contributed by atoms with Crippen LogP contribution in [0.25, 0.3) is 0 Å². The minimum Gasteiger partial charge on any atom is -0.447 e. The number of primary sulfonamides is 1. The molecule has 0 unspecified atom stereocenters. The van der Waals surface area contributed by atoms with E-state index in [1.165, 1.54) is 37.3 Å². The lowest BCUT2D eigenvalue weighted by Gasteiger charge is -2.12. The van der Waals surface area contributed by atoms with Crippen molar-refractivity contribution in [2.75, 3.05) is 6.54 Å². The van der Waals surface area contributed by atoms with Crippen molar-refractivity contribution in [3.63, 3.8) is 0 Å². The van der Waals surface area contributed by atoms with Crippen molar-refractivity contribution in [2.24, 2.45) is 5.14 Å². The third-order valence-electron chi connectivity index (χ3n) is 3.22. The summed E-state index contributed by atoms with van der Waals surface area (Å²) >= 11 is 0. The fraction of sp³-hybridized carbons (Fsp3) is 0.538. The summed E-state index contributed by atoms with van der Waals surface area (Å²) in [6.45, 7) is 1.39. The molecule has 106 valence electrons. The zero-order valence-electron chi connectivity index (χ0n) is 10.9. The molecule has 1 heterocycles. The van der Waals surface area contributed by atoms with Gasteiger partial charge in [-0.1, -0.05) is 11.6 Å². The molecule has 0 spiro atoms. The van der Waals surface area contributed by atoms with Crippen molar-refractivity contribution in [2.45, 2.75) is 43.7 Å². The Balaban J connectivity index is 1.74. The molecule has 0 fully saturated rings. The van der Waals surface area contributed by atoms with Gasteiger partial charge in [0.15, 0.2) is 0 Å². The first kappa shape index (κ1) is 14.3. The molecule has 1 aromatic heterocycles. The molecule has 1 aliphatic carbocycles. The van der Waals surface area contributed by atoms with Gasteiger partial charge in [0.1, 0.15) is 5.76 Å². The SMILES string of the molecule is NS(=O)(=O)c1ccc(CNCCC2=CCCCC2)o1. The van der Waals surface area contributed by atoms with E-state index in [9.17, 15) is 8.42 Å². The van der Waals surface area contributed by atoms with Gasteiger partial charge in [0, 0.05) is 0 Å². The average molecular weight is 284 g/mol. The van der Waals surface area contributed by atoms with E-state index in [2.05, 4.69) is 11.4 Å². The van der Waals surface area contributed by atoms with E-state index in [1.807, 2.05) is 0 Å². The molecular formula is C13H20N2O3S. The van der Waals surface area contributed by atoms with Crippen molar-refractivity contribution in [3.8, 4) is 0 Å². The lowest BCUT2D eigenvalue weighted by molar-refractivity contribution is 0.402. The Morgan fingerprint density at radius 1 is 1.32 bits per heavy atom. The van der Waals surface area contributed by atoms with Gasteiger partial charge in [-0.2, -0.15) is 0 Å². The first-order chi connectivity index (χ1) is 9.05. The highest BCUT2D eigenvalue weighted by atomic mass is 32.2. The summed E-state index contributed by atoms with van der Waals surface area (Å²) < 4.78 is 27.2. The molecular weight excluding hydrogens is 264 g/mol. The fourth-order valence-electron chi connectivity index (χ4n) is 2.20. The van der Waals surface area contributed by atoms with Gasteiger partial charge in [-0.05, 0) is 50.8 Å². The van der Waals surface area contributed by atoms with E-state index in [4.69, 9.17) is 9.56 Å². The Hall–Kier alpha value is -1.11. The van der Waals surface area contributed by atoms with Crippen LogP contribution in [0.4, 0.5) is 0 Å². The van der Waals surface area contributed by atoms with Crippen molar-refractivity contribution >= 4 is 10.0 Å². The summed E-state index contributed by atoms with van der Waals surface area (Å²) in [5, 5.41) is 8.04. The number of hydrogen-bond acceptors (Lipinski definition) is 4. The highest BCUT2D eigenvalue weighted by molar-refractivity contribution is 7.89. The molecule has 6 heteroatoms. The van der Waals surface area contributed by atoms with Crippen LogP contribution >= 0.6 is 0 Å². The van der Waals surface area contributed by atoms with Crippen molar-refractivity contribution < 1.29 is 12.8 Å². The molecule has 2 rings (SSSR count). The number of nitrogens with one attached hydrogen (secondary N) is 1. The molecule has 0 atom stereocenters. The van der Waals surface area contributed by atoms with E-state index in [0.29, 0.717) is 12.3 Å². The van der Waals surface area contributed by atoms with Gasteiger partial charge in [0.25, 0.3) is 10.0 Å². The van der Waals surface area contributed by atoms with Gasteiger partial charge in [-0.3, -0.25) is 0 Å². The largest absolute Gasteiger partial charge is 0.447 e. The zero-order chi connectivity index (χ0) is 13.7. The van der Waals surface area contributed by atoms with E-state index in [-0.39, 0.29) is 5.09 Å². The average Bonchev–Trinajstić information content (AvgIpc) is 2.85. The molecule has 0 aromatic carbocycles. The molecule has 3 N–H and O–H groups in total. The van der Waals surface area contributed by atoms with E-state index < -0.39 is 10.0 Å². The predicted molar refractivity (Wildman–Crippen MR) is 73.0 cm³/mol. The number of rotatable bonds is 6. The zero-order valence-corrected chi connectivity index (χ0v) is 11.7. The second-order valence-electron chi connectivity index (χ2n) is 4.80. The summed E-state index contributed by atoms with van der Waals surface area (Å²) in [6, 6.07) is 3.02. The number of nitrogens with two attached hydrogens (primary N) is 1. The molecule has 19 heavy (non-hydrogen) atoms. The van der Waals surface area contributed by atoms with Crippen molar-refractivity contribution in [1.82, 2.24) is 5.32 Å². The number of sulfonamides is 1. The van der Waals surface area contributed by atoms with E-state index >= 15 is 0 Å². The van der Waals surface area contributed by atoms with Gasteiger partial charge in [-0.25, -0.2) is 13.6 Å².